The van der Waals surface area contributed by atoms with Gasteiger partial charge in [0.15, 0.2) is 53.9 Å². The first-order valence-electron chi connectivity index (χ1n) is 16.3. The Morgan fingerprint density at radius 2 is 1.48 bits per heavy atom. The van der Waals surface area contributed by atoms with Crippen molar-refractivity contribution >= 4 is 24.0 Å². The molecule has 17 nitrogen and oxygen atoms in total. The van der Waals surface area contributed by atoms with Crippen LogP contribution in [-0.4, -0.2) is 132 Å². The van der Waals surface area contributed by atoms with E-state index in [4.69, 9.17) is 42.6 Å². The number of aliphatic hydroxyl groups excluding tert-OH is 3. The number of ether oxygens (including phenoxy) is 9. The number of rotatable bonds is 14. The van der Waals surface area contributed by atoms with Crippen LogP contribution in [-0.2, 0) is 54.0 Å². The first-order chi connectivity index (χ1) is 24.8. The zero-order chi connectivity index (χ0) is 38.1. The molecule has 286 valence electrons. The Kier molecular flexibility index (Phi) is 14.2. The van der Waals surface area contributed by atoms with E-state index in [0.29, 0.717) is 11.1 Å². The lowest BCUT2D eigenvalue weighted by atomic mass is 9.96. The third kappa shape index (κ3) is 10.1. The summed E-state index contributed by atoms with van der Waals surface area (Å²) < 4.78 is 50.1. The summed E-state index contributed by atoms with van der Waals surface area (Å²) in [5.41, 5.74) is 1.12. The van der Waals surface area contributed by atoms with Gasteiger partial charge in [-0.25, -0.2) is 4.79 Å². The number of phenolic OH excluding ortho intramolecular Hbond substituents is 2. The Balaban J connectivity index is 1.62. The quantitative estimate of drug-likeness (QED) is 0.102. The maximum atomic E-state index is 13.2. The normalized spacial score (nSPS) is 28.9. The van der Waals surface area contributed by atoms with Gasteiger partial charge in [0.1, 0.15) is 24.4 Å². The lowest BCUT2D eigenvalue weighted by molar-refractivity contribution is -0.358. The summed E-state index contributed by atoms with van der Waals surface area (Å²) in [7, 11) is 2.77. The maximum Gasteiger partial charge on any atom is 0.331 e. The number of aliphatic hydroxyl groups is 3. The SMILES string of the molecule is COc1ccc(CCOC2OC(CO)C(OC(=O)/C=C\c3ccc(O)c(OC)c3)C(OC3OC(C)C(O)C(OC(C)=O)C3OC(C)=O)C2O)cc1O. The fourth-order valence-electron chi connectivity index (χ4n) is 5.69. The van der Waals surface area contributed by atoms with Crippen molar-refractivity contribution < 1.29 is 82.5 Å². The summed E-state index contributed by atoms with van der Waals surface area (Å²) in [6.07, 6.45) is -12.2. The van der Waals surface area contributed by atoms with Crippen molar-refractivity contribution in [3.8, 4) is 23.0 Å². The molecular weight excluding hydrogens is 692 g/mol. The topological polar surface area (TPSA) is 235 Å². The average molecular weight is 737 g/mol. The molecule has 4 rings (SSSR count). The van der Waals surface area contributed by atoms with Gasteiger partial charge in [-0.15, -0.1) is 0 Å². The molecule has 17 heteroatoms. The summed E-state index contributed by atoms with van der Waals surface area (Å²) in [6.45, 7) is 2.80. The highest BCUT2D eigenvalue weighted by Crippen LogP contribution is 2.34. The second-order valence-corrected chi connectivity index (χ2v) is 12.0. The fraction of sp³-hybridized carbons (Fsp3) is 0.514. The van der Waals surface area contributed by atoms with E-state index in [2.05, 4.69) is 0 Å². The van der Waals surface area contributed by atoms with Crippen LogP contribution < -0.4 is 9.47 Å². The molecule has 0 bridgehead atoms. The molecule has 10 atom stereocenters. The summed E-state index contributed by atoms with van der Waals surface area (Å²) in [4.78, 5) is 37.2. The smallest absolute Gasteiger partial charge is 0.331 e. The lowest BCUT2D eigenvalue weighted by Gasteiger charge is -2.47. The van der Waals surface area contributed by atoms with Gasteiger partial charge in [0, 0.05) is 19.9 Å². The summed E-state index contributed by atoms with van der Waals surface area (Å²) in [6, 6.07) is 9.09. The van der Waals surface area contributed by atoms with Gasteiger partial charge < -0.3 is 68.2 Å². The number of hydrogen-bond acceptors (Lipinski definition) is 17. The van der Waals surface area contributed by atoms with E-state index in [-0.39, 0.29) is 36.0 Å². The Hall–Kier alpha value is -4.49. The molecule has 0 saturated carbocycles. The number of methoxy groups -OCH3 is 2. The summed E-state index contributed by atoms with van der Waals surface area (Å²) in [5.74, 6) is -2.38. The van der Waals surface area contributed by atoms with E-state index >= 15 is 0 Å². The largest absolute Gasteiger partial charge is 0.504 e. The number of aromatic hydroxyl groups is 2. The molecule has 0 amide bonds. The van der Waals surface area contributed by atoms with Crippen LogP contribution in [0.5, 0.6) is 23.0 Å². The second kappa shape index (κ2) is 18.3. The van der Waals surface area contributed by atoms with Crippen molar-refractivity contribution in [1.82, 2.24) is 0 Å². The number of phenols is 2. The molecule has 2 fully saturated rings. The molecule has 2 heterocycles. The van der Waals surface area contributed by atoms with Crippen molar-refractivity contribution in [1.29, 1.82) is 0 Å². The molecule has 0 spiro atoms. The van der Waals surface area contributed by atoms with Crippen LogP contribution in [0.1, 0.15) is 31.9 Å². The van der Waals surface area contributed by atoms with Crippen molar-refractivity contribution in [2.75, 3.05) is 27.4 Å². The van der Waals surface area contributed by atoms with Crippen LogP contribution in [0.25, 0.3) is 6.08 Å². The third-order valence-electron chi connectivity index (χ3n) is 8.23. The molecular formula is C35H44O17. The van der Waals surface area contributed by atoms with Gasteiger partial charge in [-0.3, -0.25) is 9.59 Å². The number of carbonyl (C=O) groups is 3. The predicted octanol–water partition coefficient (Wildman–Crippen LogP) is 0.732. The minimum atomic E-state index is -1.74. The van der Waals surface area contributed by atoms with E-state index in [1.807, 2.05) is 0 Å². The second-order valence-electron chi connectivity index (χ2n) is 12.0. The van der Waals surface area contributed by atoms with E-state index in [1.54, 1.807) is 12.1 Å². The van der Waals surface area contributed by atoms with E-state index in [0.717, 1.165) is 19.9 Å². The minimum Gasteiger partial charge on any atom is -0.504 e. The highest BCUT2D eigenvalue weighted by molar-refractivity contribution is 5.87. The molecule has 5 N–H and O–H groups in total. The van der Waals surface area contributed by atoms with Crippen molar-refractivity contribution in [2.45, 2.75) is 88.6 Å². The van der Waals surface area contributed by atoms with E-state index in [1.165, 1.54) is 51.5 Å². The zero-order valence-corrected chi connectivity index (χ0v) is 29.1. The number of benzene rings is 2. The lowest BCUT2D eigenvalue weighted by Crippen LogP contribution is -2.65. The van der Waals surface area contributed by atoms with E-state index in [9.17, 15) is 39.9 Å². The predicted molar refractivity (Wildman–Crippen MR) is 176 cm³/mol. The number of carbonyl (C=O) groups excluding carboxylic acids is 3. The maximum absolute atomic E-state index is 13.2. The minimum absolute atomic E-state index is 0.0601. The first kappa shape index (κ1) is 40.3. The van der Waals surface area contributed by atoms with Gasteiger partial charge >= 0.3 is 17.9 Å². The third-order valence-corrected chi connectivity index (χ3v) is 8.23. The van der Waals surface area contributed by atoms with Gasteiger partial charge in [0.2, 0.25) is 0 Å². The van der Waals surface area contributed by atoms with E-state index < -0.39 is 85.9 Å². The molecule has 2 aliphatic rings. The highest BCUT2D eigenvalue weighted by atomic mass is 16.8. The van der Waals surface area contributed by atoms with Crippen LogP contribution in [0.3, 0.4) is 0 Å². The van der Waals surface area contributed by atoms with Crippen LogP contribution in [0.4, 0.5) is 0 Å². The van der Waals surface area contributed by atoms with Crippen LogP contribution >= 0.6 is 0 Å². The van der Waals surface area contributed by atoms with Gasteiger partial charge in [0.05, 0.1) is 33.5 Å². The average Bonchev–Trinajstić information content (AvgIpc) is 3.10. The van der Waals surface area contributed by atoms with Gasteiger partial charge in [-0.05, 0) is 54.8 Å². The number of hydrogen-bond donors (Lipinski definition) is 5. The molecule has 2 saturated heterocycles. The molecule has 0 aromatic heterocycles. The molecule has 52 heavy (non-hydrogen) atoms. The van der Waals surface area contributed by atoms with Crippen molar-refractivity contribution in [3.05, 3.63) is 53.6 Å². The summed E-state index contributed by atoms with van der Waals surface area (Å²) in [5, 5.41) is 52.8. The van der Waals surface area contributed by atoms with Gasteiger partial charge in [0.25, 0.3) is 0 Å². The Morgan fingerprint density at radius 1 is 0.788 bits per heavy atom. The Morgan fingerprint density at radius 3 is 2.12 bits per heavy atom. The van der Waals surface area contributed by atoms with Crippen molar-refractivity contribution in [2.24, 2.45) is 0 Å². The molecule has 0 aliphatic carbocycles. The standard InChI is InChI=1S/C35H44O17/c1-17-28(42)31(48-18(2)37)33(49-19(3)38)35(47-17)52-32-29(43)34(46-13-12-21-7-10-24(44-4)23(40)14-21)50-26(16-36)30(32)51-27(41)11-8-20-6-9-22(39)25(15-20)45-5/h6-11,14-15,17,26,28-36,39-40,42-43H,12-13,16H2,1-5H3/b11-8-. The Labute approximate surface area is 299 Å². The van der Waals surface area contributed by atoms with Crippen LogP contribution in [0.15, 0.2) is 42.5 Å². The first-order valence-corrected chi connectivity index (χ1v) is 16.3. The Bertz CT molecular complexity index is 1560. The van der Waals surface area contributed by atoms with Gasteiger partial charge in [-0.1, -0.05) is 12.1 Å². The molecule has 2 aromatic rings. The molecule has 10 unspecified atom stereocenters. The molecule has 2 aromatic carbocycles. The number of esters is 3. The monoisotopic (exact) mass is 736 g/mol. The highest BCUT2D eigenvalue weighted by Gasteiger charge is 2.54. The summed E-state index contributed by atoms with van der Waals surface area (Å²) >= 11 is 0. The molecule has 0 radical (unpaired) electrons. The zero-order valence-electron chi connectivity index (χ0n) is 29.1. The van der Waals surface area contributed by atoms with Crippen LogP contribution in [0.2, 0.25) is 0 Å². The van der Waals surface area contributed by atoms with Crippen molar-refractivity contribution in [3.63, 3.8) is 0 Å². The van der Waals surface area contributed by atoms with Gasteiger partial charge in [-0.2, -0.15) is 0 Å². The van der Waals surface area contributed by atoms with Crippen LogP contribution in [0, 0.1) is 0 Å². The fourth-order valence-corrected chi connectivity index (χ4v) is 5.69. The molecule has 2 aliphatic heterocycles.